The number of hydrogen-bond acceptors (Lipinski definition) is 1. The summed E-state index contributed by atoms with van der Waals surface area (Å²) in [5, 5.41) is 0. The molecule has 48 valence electrons. The number of carbonyl (C=O) groups excluding carboxylic acids is 1. The Morgan fingerprint density at radius 1 is 1.56 bits per heavy atom. The molecule has 2 aliphatic rings. The largest absolute Gasteiger partial charge is 0.299 e. The second kappa shape index (κ2) is 1.28. The molecular weight excluding hydrogens is 112 g/mol. The van der Waals surface area contributed by atoms with Crippen molar-refractivity contribution in [2.45, 2.75) is 25.7 Å². The monoisotopic (exact) mass is 122 g/mol. The zero-order chi connectivity index (χ0) is 6.48. The van der Waals surface area contributed by atoms with E-state index in [9.17, 15) is 4.79 Å². The maximum absolute atomic E-state index is 11.1. The number of hydrogen-bond donors (Lipinski definition) is 0. The summed E-state index contributed by atoms with van der Waals surface area (Å²) in [5.41, 5.74) is 1.21. The van der Waals surface area contributed by atoms with Crippen molar-refractivity contribution >= 4 is 5.78 Å². The van der Waals surface area contributed by atoms with Crippen molar-refractivity contribution in [3.63, 3.8) is 0 Å². The van der Waals surface area contributed by atoms with Gasteiger partial charge >= 0.3 is 0 Å². The maximum Gasteiger partial charge on any atom is 0.143 e. The van der Waals surface area contributed by atoms with Gasteiger partial charge in [0, 0.05) is 6.42 Å². The Bertz CT molecular complexity index is 193. The van der Waals surface area contributed by atoms with Crippen LogP contribution in [-0.2, 0) is 4.79 Å². The molecule has 0 aromatic rings. The van der Waals surface area contributed by atoms with Crippen molar-refractivity contribution in [1.82, 2.24) is 0 Å². The van der Waals surface area contributed by atoms with E-state index >= 15 is 0 Å². The van der Waals surface area contributed by atoms with Gasteiger partial charge in [0.15, 0.2) is 0 Å². The van der Waals surface area contributed by atoms with Crippen LogP contribution in [0.4, 0.5) is 0 Å². The first-order valence-electron chi connectivity index (χ1n) is 3.47. The Hall–Kier alpha value is -0.590. The molecule has 9 heavy (non-hydrogen) atoms. The van der Waals surface area contributed by atoms with Crippen LogP contribution in [0, 0.1) is 5.41 Å². The van der Waals surface area contributed by atoms with Gasteiger partial charge in [-0.05, 0) is 19.3 Å². The van der Waals surface area contributed by atoms with Gasteiger partial charge in [-0.15, -0.1) is 0 Å². The van der Waals surface area contributed by atoms with Gasteiger partial charge in [-0.1, -0.05) is 12.2 Å². The number of carbonyl (C=O) groups is 1. The average Bonchev–Trinajstić information content (AvgIpc) is 2.29. The van der Waals surface area contributed by atoms with Crippen molar-refractivity contribution in [1.29, 1.82) is 0 Å². The first-order chi connectivity index (χ1) is 4.26. The molecule has 1 nitrogen and oxygen atoms in total. The first-order valence-corrected chi connectivity index (χ1v) is 3.47. The molecule has 0 N–H and O–H groups in total. The highest BCUT2D eigenvalue weighted by Crippen LogP contribution is 2.59. The molecule has 0 heterocycles. The number of Topliss-reactive ketones (excluding diaryl/α,β-unsaturated/α-hetero) is 1. The summed E-state index contributed by atoms with van der Waals surface area (Å²) in [6.07, 6.45) is 3.98. The highest BCUT2D eigenvalue weighted by Gasteiger charge is 2.55. The van der Waals surface area contributed by atoms with Crippen molar-refractivity contribution in [2.24, 2.45) is 5.41 Å². The van der Waals surface area contributed by atoms with E-state index in [1.54, 1.807) is 0 Å². The summed E-state index contributed by atoms with van der Waals surface area (Å²) in [5.74, 6) is 0.451. The number of allylic oxidation sites excluding steroid dienone is 1. The topological polar surface area (TPSA) is 17.1 Å². The summed E-state index contributed by atoms with van der Waals surface area (Å²) in [7, 11) is 0. The van der Waals surface area contributed by atoms with Crippen LogP contribution in [0.5, 0.6) is 0 Å². The van der Waals surface area contributed by atoms with Gasteiger partial charge in [0.2, 0.25) is 0 Å². The van der Waals surface area contributed by atoms with Gasteiger partial charge in [0.05, 0.1) is 5.41 Å². The Labute approximate surface area is 54.8 Å². The van der Waals surface area contributed by atoms with Gasteiger partial charge in [-0.3, -0.25) is 4.79 Å². The highest BCUT2D eigenvalue weighted by atomic mass is 16.1. The Morgan fingerprint density at radius 3 is 2.44 bits per heavy atom. The molecule has 2 saturated carbocycles. The molecule has 1 atom stereocenters. The molecule has 1 spiro atoms. The number of ketones is 1. The smallest absolute Gasteiger partial charge is 0.143 e. The Balaban J connectivity index is 2.31. The predicted octanol–water partition coefficient (Wildman–Crippen LogP) is 1.69. The van der Waals surface area contributed by atoms with Gasteiger partial charge < -0.3 is 0 Å². The van der Waals surface area contributed by atoms with E-state index < -0.39 is 0 Å². The minimum Gasteiger partial charge on any atom is -0.299 e. The molecule has 2 rings (SSSR count). The lowest BCUT2D eigenvalue weighted by Gasteiger charge is -1.97. The Morgan fingerprint density at radius 2 is 2.22 bits per heavy atom. The fourth-order valence-electron chi connectivity index (χ4n) is 1.81. The standard InChI is InChI=1S/C8H10O/c1-6-5-8(6)4-2-3-7(8)9/h1-5H2/t8-/m1/s1. The lowest BCUT2D eigenvalue weighted by Crippen LogP contribution is -2.05. The second-order valence-electron chi connectivity index (χ2n) is 3.14. The third kappa shape index (κ3) is 0.473. The lowest BCUT2D eigenvalue weighted by atomic mass is 10.0. The van der Waals surface area contributed by atoms with E-state index in [1.165, 1.54) is 5.57 Å². The van der Waals surface area contributed by atoms with E-state index in [2.05, 4.69) is 6.58 Å². The molecule has 0 bridgehead atoms. The molecule has 2 fully saturated rings. The van der Waals surface area contributed by atoms with Crippen molar-refractivity contribution < 1.29 is 4.79 Å². The van der Waals surface area contributed by atoms with E-state index in [0.29, 0.717) is 5.78 Å². The van der Waals surface area contributed by atoms with Crippen LogP contribution < -0.4 is 0 Å². The third-order valence-corrected chi connectivity index (χ3v) is 2.61. The summed E-state index contributed by atoms with van der Waals surface area (Å²) in [6.45, 7) is 3.83. The quantitative estimate of drug-likeness (QED) is 0.447. The van der Waals surface area contributed by atoms with Gasteiger partial charge in [-0.2, -0.15) is 0 Å². The van der Waals surface area contributed by atoms with Crippen LogP contribution >= 0.6 is 0 Å². The van der Waals surface area contributed by atoms with Crippen LogP contribution in [-0.4, -0.2) is 5.78 Å². The first kappa shape index (κ1) is 5.21. The van der Waals surface area contributed by atoms with E-state index in [-0.39, 0.29) is 5.41 Å². The average molecular weight is 122 g/mol. The third-order valence-electron chi connectivity index (χ3n) is 2.61. The summed E-state index contributed by atoms with van der Waals surface area (Å²) in [6, 6.07) is 0. The predicted molar refractivity (Wildman–Crippen MR) is 35.0 cm³/mol. The van der Waals surface area contributed by atoms with Crippen molar-refractivity contribution in [3.05, 3.63) is 12.2 Å². The van der Waals surface area contributed by atoms with Crippen LogP contribution in [0.15, 0.2) is 12.2 Å². The van der Waals surface area contributed by atoms with Crippen LogP contribution in [0.1, 0.15) is 25.7 Å². The molecule has 0 aliphatic heterocycles. The summed E-state index contributed by atoms with van der Waals surface area (Å²) < 4.78 is 0. The zero-order valence-corrected chi connectivity index (χ0v) is 5.44. The molecular formula is C8H10O. The van der Waals surface area contributed by atoms with Gasteiger partial charge in [0.1, 0.15) is 5.78 Å². The molecule has 0 radical (unpaired) electrons. The Kier molecular flexibility index (Phi) is 0.743. The van der Waals surface area contributed by atoms with E-state index in [1.807, 2.05) is 0 Å². The van der Waals surface area contributed by atoms with Crippen LogP contribution in [0.3, 0.4) is 0 Å². The van der Waals surface area contributed by atoms with E-state index in [0.717, 1.165) is 25.7 Å². The molecule has 0 aromatic heterocycles. The fourth-order valence-corrected chi connectivity index (χ4v) is 1.81. The minimum absolute atomic E-state index is 0.0278. The zero-order valence-electron chi connectivity index (χ0n) is 5.44. The minimum atomic E-state index is 0.0278. The van der Waals surface area contributed by atoms with E-state index in [4.69, 9.17) is 0 Å². The lowest BCUT2D eigenvalue weighted by molar-refractivity contribution is -0.121. The molecule has 2 aliphatic carbocycles. The van der Waals surface area contributed by atoms with Gasteiger partial charge in [-0.25, -0.2) is 0 Å². The highest BCUT2D eigenvalue weighted by molar-refractivity contribution is 5.94. The SMILES string of the molecule is C=C1C[C@]12CCCC2=O. The fraction of sp³-hybridized carbons (Fsp3) is 0.625. The normalized spacial score (nSPS) is 40.4. The van der Waals surface area contributed by atoms with Crippen LogP contribution in [0.25, 0.3) is 0 Å². The molecule has 0 saturated heterocycles. The summed E-state index contributed by atoms with van der Waals surface area (Å²) in [4.78, 5) is 11.1. The number of rotatable bonds is 0. The summed E-state index contributed by atoms with van der Waals surface area (Å²) >= 11 is 0. The second-order valence-corrected chi connectivity index (χ2v) is 3.14. The molecule has 0 amide bonds. The molecule has 0 unspecified atom stereocenters. The van der Waals surface area contributed by atoms with Crippen molar-refractivity contribution in [2.75, 3.05) is 0 Å². The van der Waals surface area contributed by atoms with Crippen molar-refractivity contribution in [3.8, 4) is 0 Å². The molecule has 0 aromatic carbocycles. The van der Waals surface area contributed by atoms with Crippen LogP contribution in [0.2, 0.25) is 0 Å². The molecule has 1 heteroatoms. The van der Waals surface area contributed by atoms with Gasteiger partial charge in [0.25, 0.3) is 0 Å². The maximum atomic E-state index is 11.1.